The summed E-state index contributed by atoms with van der Waals surface area (Å²) < 4.78 is 34.6. The summed E-state index contributed by atoms with van der Waals surface area (Å²) in [4.78, 5) is 47.7. The van der Waals surface area contributed by atoms with Gasteiger partial charge in [-0.3, -0.25) is 14.1 Å². The Balaban J connectivity index is 1.46. The van der Waals surface area contributed by atoms with Crippen LogP contribution < -0.4 is 16.4 Å². The first-order chi connectivity index (χ1) is 19.6. The number of thiazole rings is 1. The Morgan fingerprint density at radius 2 is 2.05 bits per heavy atom. The average molecular weight is 630 g/mol. The molecule has 2 amide bonds. The molecule has 42 heavy (non-hydrogen) atoms. The Morgan fingerprint density at radius 3 is 2.62 bits per heavy atom. The van der Waals surface area contributed by atoms with Crippen molar-refractivity contribution in [1.29, 1.82) is 0 Å². The molecule has 2 aromatic rings. The number of carboxylic acids is 1. The summed E-state index contributed by atoms with van der Waals surface area (Å²) in [7, 11) is 1.32. The number of nitrogens with two attached hydrogens (primary N) is 1. The third-order valence-corrected chi connectivity index (χ3v) is 8.13. The van der Waals surface area contributed by atoms with Crippen LogP contribution in [0, 0.1) is 0 Å². The Kier molecular flexibility index (Phi) is 8.83. The van der Waals surface area contributed by atoms with Crippen LogP contribution in [0.4, 0.5) is 5.13 Å². The minimum absolute atomic E-state index is 0.0431. The molecule has 2 aromatic heterocycles. The summed E-state index contributed by atoms with van der Waals surface area (Å²) in [5, 5.41) is 28.6. The van der Waals surface area contributed by atoms with Crippen molar-refractivity contribution in [3.05, 3.63) is 23.0 Å². The van der Waals surface area contributed by atoms with Crippen molar-refractivity contribution < 1.29 is 41.8 Å². The molecule has 20 heteroatoms. The summed E-state index contributed by atoms with van der Waals surface area (Å²) in [6.07, 6.45) is 2.77. The lowest BCUT2D eigenvalue weighted by Gasteiger charge is -2.43. The van der Waals surface area contributed by atoms with Gasteiger partial charge in [0.05, 0.1) is 46.1 Å². The van der Waals surface area contributed by atoms with Crippen molar-refractivity contribution in [1.82, 2.24) is 34.9 Å². The molecule has 0 unspecified atom stereocenters. The highest BCUT2D eigenvalue weighted by atomic mass is 32.2. The Morgan fingerprint density at radius 1 is 1.33 bits per heavy atom. The molecule has 2 aliphatic rings. The summed E-state index contributed by atoms with van der Waals surface area (Å²) >= 11 is 0.983. The number of hydrogen-bond donors (Lipinski definition) is 5. The number of amides is 2. The number of aromatic nitrogens is 4. The minimum atomic E-state index is -4.98. The minimum Gasteiger partial charge on any atom is -0.478 e. The maximum Gasteiger partial charge on any atom is 0.362 e. The summed E-state index contributed by atoms with van der Waals surface area (Å²) in [5.74, 6) is -3.37. The number of carbonyl (C=O) groups is 3. The number of hydrogen-bond acceptors (Lipinski definition) is 13. The molecule has 0 bridgehead atoms. The molecule has 230 valence electrons. The number of nitrogens with one attached hydrogen (secondary N) is 2. The highest BCUT2D eigenvalue weighted by Crippen LogP contribution is 2.40. The molecule has 6 N–H and O–H groups in total. The number of oxime groups is 1. The molecule has 1 aliphatic heterocycles. The maximum atomic E-state index is 13.2. The van der Waals surface area contributed by atoms with Crippen LogP contribution in [0.25, 0.3) is 0 Å². The molecule has 1 aliphatic carbocycles. The van der Waals surface area contributed by atoms with Crippen molar-refractivity contribution in [3.8, 4) is 0 Å². The zero-order chi connectivity index (χ0) is 30.9. The highest BCUT2D eigenvalue weighted by molar-refractivity contribution is 7.84. The summed E-state index contributed by atoms with van der Waals surface area (Å²) in [6, 6.07) is -2.72. The van der Waals surface area contributed by atoms with Gasteiger partial charge in [-0.1, -0.05) is 5.16 Å². The molecule has 0 spiro atoms. The van der Waals surface area contributed by atoms with Gasteiger partial charge >= 0.3 is 16.3 Å². The fraction of sp³-hybridized carbons (Fsp3) is 0.591. The molecule has 18 nitrogen and oxygen atoms in total. The first-order valence-electron chi connectivity index (χ1n) is 12.8. The van der Waals surface area contributed by atoms with Crippen LogP contribution in [0.1, 0.15) is 30.7 Å². The monoisotopic (exact) mass is 629 g/mol. The first-order valence-corrected chi connectivity index (χ1v) is 15.1. The standard InChI is InChI=1S/C22H32N10O8S2/c1-32(2,3)8-4-7-24-9-13-10-25-30(28-13)11-15-17(19(34)31(15)42(37,38)39)27-18(33)16(14-12-41-21(23)26-14)29-40-22(5-6-22)20(35)36/h10,12,15,17,24H,4-9,11H2,1-3H3,(H4-,23,26,27,33,35,36,37,38,39)/p+1/b29-16-/t15-,17+/m1/s1. The molecule has 3 heterocycles. The normalized spacial score (nSPS) is 20.2. The van der Waals surface area contributed by atoms with E-state index in [9.17, 15) is 32.5 Å². The van der Waals surface area contributed by atoms with Crippen molar-refractivity contribution in [3.63, 3.8) is 0 Å². The van der Waals surface area contributed by atoms with Crippen LogP contribution in [0.3, 0.4) is 0 Å². The maximum absolute atomic E-state index is 13.2. The third kappa shape index (κ3) is 7.37. The number of nitrogen functional groups attached to an aromatic ring is 1. The van der Waals surface area contributed by atoms with E-state index in [0.717, 1.165) is 40.1 Å². The molecule has 1 saturated heterocycles. The first kappa shape index (κ1) is 31.2. The Labute approximate surface area is 245 Å². The predicted molar refractivity (Wildman–Crippen MR) is 147 cm³/mol. The van der Waals surface area contributed by atoms with Crippen LogP contribution in [0.2, 0.25) is 0 Å². The Bertz CT molecular complexity index is 1480. The second-order valence-electron chi connectivity index (χ2n) is 11.0. The fourth-order valence-electron chi connectivity index (χ4n) is 4.11. The molecular formula is C22H33N10O8S2+. The van der Waals surface area contributed by atoms with Crippen molar-refractivity contribution in [2.45, 2.75) is 50.0 Å². The lowest BCUT2D eigenvalue weighted by molar-refractivity contribution is -0.870. The lowest BCUT2D eigenvalue weighted by atomic mass is 9.98. The van der Waals surface area contributed by atoms with Gasteiger partial charge in [0.2, 0.25) is 5.60 Å². The van der Waals surface area contributed by atoms with Gasteiger partial charge in [-0.05, 0) is 0 Å². The van der Waals surface area contributed by atoms with E-state index in [0.29, 0.717) is 12.2 Å². The van der Waals surface area contributed by atoms with Gasteiger partial charge < -0.3 is 30.8 Å². The van der Waals surface area contributed by atoms with E-state index in [1.807, 2.05) is 0 Å². The van der Waals surface area contributed by atoms with Gasteiger partial charge in [0.1, 0.15) is 17.8 Å². The van der Waals surface area contributed by atoms with Gasteiger partial charge in [-0.25, -0.2) is 14.1 Å². The second kappa shape index (κ2) is 11.9. The van der Waals surface area contributed by atoms with Crippen LogP contribution in [0.15, 0.2) is 16.7 Å². The predicted octanol–water partition coefficient (Wildman–Crippen LogP) is -1.96. The number of carbonyl (C=O) groups excluding carboxylic acids is 2. The Hall–Kier alpha value is -3.72. The van der Waals surface area contributed by atoms with Crippen molar-refractivity contribution in [2.24, 2.45) is 5.16 Å². The van der Waals surface area contributed by atoms with Gasteiger partial charge in [0, 0.05) is 37.7 Å². The van der Waals surface area contributed by atoms with Crippen molar-refractivity contribution in [2.75, 3.05) is 40.0 Å². The third-order valence-electron chi connectivity index (χ3n) is 6.51. The summed E-state index contributed by atoms with van der Waals surface area (Å²) in [6.45, 7) is 1.84. The zero-order valence-corrected chi connectivity index (χ0v) is 24.8. The average Bonchev–Trinajstić information content (AvgIpc) is 3.35. The molecule has 4 rings (SSSR count). The topological polar surface area (TPSA) is 244 Å². The smallest absolute Gasteiger partial charge is 0.362 e. The number of anilines is 1. The van der Waals surface area contributed by atoms with Crippen LogP contribution in [0.5, 0.6) is 0 Å². The quantitative estimate of drug-likeness (QED) is 0.0359. The van der Waals surface area contributed by atoms with Gasteiger partial charge in [-0.15, -0.1) is 11.3 Å². The highest BCUT2D eigenvalue weighted by Gasteiger charge is 2.56. The van der Waals surface area contributed by atoms with E-state index >= 15 is 0 Å². The number of aliphatic carboxylic acids is 1. The van der Waals surface area contributed by atoms with Crippen LogP contribution in [-0.2, 0) is 42.6 Å². The molecule has 0 aromatic carbocycles. The van der Waals surface area contributed by atoms with Gasteiger partial charge in [0.25, 0.3) is 11.8 Å². The largest absolute Gasteiger partial charge is 0.478 e. The van der Waals surface area contributed by atoms with E-state index in [1.54, 1.807) is 0 Å². The number of nitrogens with zero attached hydrogens (tertiary/aromatic N) is 7. The lowest BCUT2D eigenvalue weighted by Crippen LogP contribution is -2.73. The van der Waals surface area contributed by atoms with Crippen LogP contribution >= 0.6 is 11.3 Å². The van der Waals surface area contributed by atoms with Gasteiger partial charge in [0.15, 0.2) is 10.8 Å². The van der Waals surface area contributed by atoms with E-state index in [2.05, 4.69) is 52.1 Å². The number of carboxylic acid groups (broad SMARTS) is 1. The zero-order valence-electron chi connectivity index (χ0n) is 23.1. The van der Waals surface area contributed by atoms with Crippen molar-refractivity contribution >= 4 is 50.3 Å². The fourth-order valence-corrected chi connectivity index (χ4v) is 5.53. The van der Waals surface area contributed by atoms with Crippen LogP contribution in [-0.4, -0.2) is 122 Å². The molecular weight excluding hydrogens is 596 g/mol. The number of β-lactam (4-membered cyclic amide) rings is 1. The summed E-state index contributed by atoms with van der Waals surface area (Å²) in [5.41, 5.74) is 4.14. The van der Waals surface area contributed by atoms with E-state index in [1.165, 1.54) is 11.6 Å². The van der Waals surface area contributed by atoms with Gasteiger partial charge in [-0.2, -0.15) is 23.4 Å². The molecule has 0 radical (unpaired) electrons. The molecule has 2 atom stereocenters. The molecule has 1 saturated carbocycles. The molecule has 2 fully saturated rings. The second-order valence-corrected chi connectivity index (χ2v) is 13.1. The van der Waals surface area contributed by atoms with E-state index in [4.69, 9.17) is 10.6 Å². The van der Waals surface area contributed by atoms with E-state index < -0.39 is 51.5 Å². The van der Waals surface area contributed by atoms with E-state index in [-0.39, 0.29) is 34.5 Å². The SMILES string of the molecule is C[N+](C)(C)CCCNCc1cnn(C[C@@H]2[C@H](NC(=O)/C(=N\OC3(C(=O)O)CC3)c3csc(N)n3)C(=O)N2S(=O)(=O)O)n1. The number of rotatable bonds is 15. The number of quaternary nitrogens is 1.